The quantitative estimate of drug-likeness (QED) is 0.290. The molecule has 2 aromatic rings. The normalized spacial score (nSPS) is 27.0. The molecule has 4 aliphatic rings. The number of rotatable bonds is 10. The number of carboxylic acid groups (broad SMARTS) is 1. The predicted octanol–water partition coefficient (Wildman–Crippen LogP) is 5.55. The lowest BCUT2D eigenvalue weighted by Crippen LogP contribution is -2.49. The average molecular weight is 643 g/mol. The fourth-order valence-corrected chi connectivity index (χ4v) is 8.87. The molecular weight excluding hydrogens is 600 g/mol. The van der Waals surface area contributed by atoms with Crippen LogP contribution >= 0.6 is 11.6 Å². The van der Waals surface area contributed by atoms with Gasteiger partial charge in [-0.2, -0.15) is 0 Å². The summed E-state index contributed by atoms with van der Waals surface area (Å²) in [5.74, 6) is 0.307. The number of carbonyl (C=O) groups is 1. The molecule has 0 bridgehead atoms. The van der Waals surface area contributed by atoms with Crippen LogP contribution in [-0.4, -0.2) is 55.7 Å². The number of aliphatic hydroxyl groups excluding tert-OH is 1. The first kappa shape index (κ1) is 31.4. The summed E-state index contributed by atoms with van der Waals surface area (Å²) in [6, 6.07) is 11.2. The van der Waals surface area contributed by atoms with Crippen LogP contribution < -0.4 is 14.8 Å². The summed E-state index contributed by atoms with van der Waals surface area (Å²) < 4.78 is 30.5. The Kier molecular flexibility index (Phi) is 8.78. The highest BCUT2D eigenvalue weighted by Gasteiger charge is 2.44. The van der Waals surface area contributed by atoms with Gasteiger partial charge in [0.25, 0.3) is 0 Å². The number of halogens is 1. The van der Waals surface area contributed by atoms with Gasteiger partial charge >= 0.3 is 5.97 Å². The molecule has 1 spiro atoms. The highest BCUT2D eigenvalue weighted by Crippen LogP contribution is 2.47. The van der Waals surface area contributed by atoms with Crippen LogP contribution in [0.25, 0.3) is 0 Å². The SMILES string of the molecule is C[C@@H]([C@@H](C/C=C/[C@H](O)[C@@H]1CC[C@H]1CN1C[C@@]2(CCCc3cc(Cl)ccc32)COc2ccc(C(=O)O)cc21)C1CC1)S(N)(=O)=O. The first-order valence-corrected chi connectivity index (χ1v) is 17.8. The highest BCUT2D eigenvalue weighted by molar-refractivity contribution is 7.89. The number of anilines is 1. The van der Waals surface area contributed by atoms with Gasteiger partial charge < -0.3 is 19.8 Å². The van der Waals surface area contributed by atoms with Crippen LogP contribution in [0.1, 0.15) is 73.4 Å². The van der Waals surface area contributed by atoms with Crippen LogP contribution in [-0.2, 0) is 21.9 Å². The number of aliphatic hydroxyl groups is 1. The Morgan fingerprint density at radius 3 is 2.68 bits per heavy atom. The van der Waals surface area contributed by atoms with E-state index in [0.717, 1.165) is 55.7 Å². The second-order valence-corrected chi connectivity index (χ2v) is 15.9. The third-order valence-electron chi connectivity index (χ3n) is 10.7. The maximum atomic E-state index is 12.0. The molecule has 2 fully saturated rings. The number of nitrogens with zero attached hydrogens (tertiary/aromatic N) is 1. The summed E-state index contributed by atoms with van der Waals surface area (Å²) in [6.07, 6.45) is 10.6. The lowest BCUT2D eigenvalue weighted by molar-refractivity contribution is 0.0455. The van der Waals surface area contributed by atoms with Crippen molar-refractivity contribution < 1.29 is 28.2 Å². The molecule has 8 nitrogen and oxygen atoms in total. The van der Waals surface area contributed by atoms with Crippen LogP contribution in [0.5, 0.6) is 5.75 Å². The zero-order valence-electron chi connectivity index (χ0n) is 25.2. The van der Waals surface area contributed by atoms with Gasteiger partial charge in [-0.3, -0.25) is 0 Å². The molecule has 0 amide bonds. The lowest BCUT2D eigenvalue weighted by atomic mass is 9.68. The summed E-state index contributed by atoms with van der Waals surface area (Å²) in [4.78, 5) is 14.2. The highest BCUT2D eigenvalue weighted by atomic mass is 35.5. The fourth-order valence-electron chi connectivity index (χ4n) is 7.85. The minimum atomic E-state index is -3.62. The van der Waals surface area contributed by atoms with E-state index >= 15 is 0 Å². The van der Waals surface area contributed by atoms with Gasteiger partial charge in [0, 0.05) is 23.5 Å². The minimum Gasteiger partial charge on any atom is -0.490 e. The van der Waals surface area contributed by atoms with Crippen molar-refractivity contribution in [3.8, 4) is 5.75 Å². The predicted molar refractivity (Wildman–Crippen MR) is 172 cm³/mol. The Hall–Kier alpha value is -2.59. The van der Waals surface area contributed by atoms with Gasteiger partial charge in [0.15, 0.2) is 0 Å². The van der Waals surface area contributed by atoms with Crippen LogP contribution in [0.15, 0.2) is 48.6 Å². The monoisotopic (exact) mass is 642 g/mol. The number of fused-ring (bicyclic) bond motifs is 3. The molecule has 4 N–H and O–H groups in total. The number of allylic oxidation sites excluding steroid dienone is 1. The van der Waals surface area contributed by atoms with Crippen molar-refractivity contribution in [2.75, 3.05) is 24.6 Å². The number of aryl methyl sites for hydroxylation is 1. The Labute approximate surface area is 265 Å². The molecule has 44 heavy (non-hydrogen) atoms. The Morgan fingerprint density at radius 2 is 2.00 bits per heavy atom. The molecule has 10 heteroatoms. The van der Waals surface area contributed by atoms with Gasteiger partial charge in [0.1, 0.15) is 5.75 Å². The third kappa shape index (κ3) is 6.39. The van der Waals surface area contributed by atoms with Crippen LogP contribution in [0.4, 0.5) is 5.69 Å². The van der Waals surface area contributed by atoms with E-state index in [4.69, 9.17) is 21.5 Å². The summed E-state index contributed by atoms with van der Waals surface area (Å²) in [7, 11) is -3.62. The fraction of sp³-hybridized carbons (Fsp3) is 0.559. The summed E-state index contributed by atoms with van der Waals surface area (Å²) >= 11 is 6.37. The topological polar surface area (TPSA) is 130 Å². The molecule has 0 unspecified atom stereocenters. The largest absolute Gasteiger partial charge is 0.490 e. The molecule has 0 aromatic heterocycles. The molecule has 6 rings (SSSR count). The van der Waals surface area contributed by atoms with E-state index in [9.17, 15) is 23.4 Å². The first-order valence-electron chi connectivity index (χ1n) is 15.9. The van der Waals surface area contributed by atoms with Gasteiger partial charge in [-0.15, -0.1) is 0 Å². The van der Waals surface area contributed by atoms with E-state index in [2.05, 4.69) is 17.0 Å². The summed E-state index contributed by atoms with van der Waals surface area (Å²) in [5, 5.41) is 26.6. The van der Waals surface area contributed by atoms with Gasteiger partial charge in [-0.05, 0) is 123 Å². The second kappa shape index (κ2) is 12.3. The number of ether oxygens (including phenoxy) is 1. The van der Waals surface area contributed by atoms with E-state index in [1.807, 2.05) is 18.2 Å². The van der Waals surface area contributed by atoms with Gasteiger partial charge in [-0.25, -0.2) is 18.4 Å². The number of nitrogens with two attached hydrogens (primary N) is 1. The van der Waals surface area contributed by atoms with Crippen molar-refractivity contribution in [1.29, 1.82) is 0 Å². The molecule has 0 saturated heterocycles. The minimum absolute atomic E-state index is 0.0351. The van der Waals surface area contributed by atoms with Crippen LogP contribution in [0.3, 0.4) is 0 Å². The third-order valence-corrected chi connectivity index (χ3v) is 12.4. The van der Waals surface area contributed by atoms with Crippen molar-refractivity contribution in [1.82, 2.24) is 0 Å². The van der Waals surface area contributed by atoms with Crippen molar-refractivity contribution in [3.63, 3.8) is 0 Å². The van der Waals surface area contributed by atoms with Gasteiger partial charge in [0.05, 0.1) is 29.2 Å². The number of benzene rings is 2. The first-order chi connectivity index (χ1) is 20.9. The Balaban J connectivity index is 1.22. The number of sulfonamides is 1. The number of carboxylic acids is 1. The molecule has 2 aromatic carbocycles. The van der Waals surface area contributed by atoms with E-state index in [-0.39, 0.29) is 28.7 Å². The lowest BCUT2D eigenvalue weighted by Gasteiger charge is -2.45. The van der Waals surface area contributed by atoms with Crippen molar-refractivity contribution in [2.45, 2.75) is 75.1 Å². The van der Waals surface area contributed by atoms with Crippen LogP contribution in [0, 0.1) is 23.7 Å². The standard InChI is InChI=1S/C34H43ClN2O6S/c1-21(44(36,41)42)27(22-7-8-22)5-2-6-31(38)28-12-9-25(28)18-37-19-34(15-3-4-23-16-26(35)11-13-29(23)34)20-43-32-14-10-24(33(39)40)17-30(32)37/h2,6,10-11,13-14,16-17,21-22,25,27-28,31,38H,3-5,7-9,12,15,18-20H2,1H3,(H,39,40)(H2,36,41,42)/b6-2+/t21-,25-,27+,28+,31-,34-/m0/s1. The number of hydrogen-bond acceptors (Lipinski definition) is 6. The van der Waals surface area contributed by atoms with Crippen molar-refractivity contribution in [3.05, 3.63) is 70.3 Å². The maximum absolute atomic E-state index is 12.0. The number of primary sulfonamides is 1. The van der Waals surface area contributed by atoms with Crippen molar-refractivity contribution >= 4 is 33.3 Å². The molecule has 2 saturated carbocycles. The molecular formula is C34H43ClN2O6S. The smallest absolute Gasteiger partial charge is 0.335 e. The summed E-state index contributed by atoms with van der Waals surface area (Å²) in [5.41, 5.74) is 3.22. The van der Waals surface area contributed by atoms with Crippen LogP contribution in [0.2, 0.25) is 5.02 Å². The molecule has 1 heterocycles. The second-order valence-electron chi connectivity index (χ2n) is 13.5. The van der Waals surface area contributed by atoms with Gasteiger partial charge in [0.2, 0.25) is 10.0 Å². The number of hydrogen-bond donors (Lipinski definition) is 3. The molecule has 3 aliphatic carbocycles. The van der Waals surface area contributed by atoms with E-state index in [1.54, 1.807) is 25.1 Å². The molecule has 238 valence electrons. The maximum Gasteiger partial charge on any atom is 0.335 e. The zero-order valence-corrected chi connectivity index (χ0v) is 26.8. The summed E-state index contributed by atoms with van der Waals surface area (Å²) in [6.45, 7) is 3.54. The Morgan fingerprint density at radius 1 is 1.20 bits per heavy atom. The van der Waals surface area contributed by atoms with Gasteiger partial charge in [-0.1, -0.05) is 29.8 Å². The molecule has 1 aliphatic heterocycles. The van der Waals surface area contributed by atoms with Crippen molar-refractivity contribution in [2.24, 2.45) is 28.8 Å². The molecule has 0 radical (unpaired) electrons. The Bertz CT molecular complexity index is 1540. The number of aromatic carboxylic acids is 1. The van der Waals surface area contributed by atoms with E-state index < -0.39 is 27.3 Å². The average Bonchev–Trinajstić information content (AvgIpc) is 3.81. The zero-order chi connectivity index (χ0) is 31.2. The molecule has 6 atom stereocenters. The van der Waals surface area contributed by atoms with E-state index in [1.165, 1.54) is 11.1 Å². The van der Waals surface area contributed by atoms with E-state index in [0.29, 0.717) is 37.8 Å².